The maximum Gasteiger partial charge on any atom is 0.166 e. The van der Waals surface area contributed by atoms with E-state index in [1.807, 2.05) is 6.07 Å². The minimum Gasteiger partial charge on any atom is -0.372 e. The van der Waals surface area contributed by atoms with Crippen LogP contribution in [0.15, 0.2) is 30.3 Å². The Morgan fingerprint density at radius 2 is 2.07 bits per heavy atom. The quantitative estimate of drug-likeness (QED) is 0.779. The van der Waals surface area contributed by atoms with Gasteiger partial charge < -0.3 is 9.47 Å². The van der Waals surface area contributed by atoms with Crippen molar-refractivity contribution in [2.24, 2.45) is 0 Å². The molecule has 1 aromatic carbocycles. The summed E-state index contributed by atoms with van der Waals surface area (Å²) >= 11 is 0. The lowest BCUT2D eigenvalue weighted by molar-refractivity contribution is -0.195. The van der Waals surface area contributed by atoms with E-state index in [-0.39, 0.29) is 5.72 Å². The van der Waals surface area contributed by atoms with Crippen LogP contribution in [0.4, 0.5) is 0 Å². The van der Waals surface area contributed by atoms with Crippen molar-refractivity contribution >= 4 is 0 Å². The van der Waals surface area contributed by atoms with E-state index in [1.165, 1.54) is 5.56 Å². The molecule has 2 saturated heterocycles. The van der Waals surface area contributed by atoms with E-state index in [0.717, 1.165) is 13.0 Å². The van der Waals surface area contributed by atoms with Crippen LogP contribution < -0.4 is 5.32 Å². The highest BCUT2D eigenvalue weighted by atomic mass is 16.6. The molecule has 0 amide bonds. The molecule has 2 aliphatic rings. The minimum absolute atomic E-state index is 0.153. The number of hydrogen-bond acceptors (Lipinski definition) is 3. The van der Waals surface area contributed by atoms with Crippen LogP contribution in [-0.4, -0.2) is 31.6 Å². The Labute approximate surface area is 89.4 Å². The zero-order valence-corrected chi connectivity index (χ0v) is 8.61. The van der Waals surface area contributed by atoms with Crippen LogP contribution in [0.25, 0.3) is 0 Å². The van der Waals surface area contributed by atoms with Gasteiger partial charge in [-0.15, -0.1) is 0 Å². The van der Waals surface area contributed by atoms with Gasteiger partial charge in [0.2, 0.25) is 0 Å². The Kier molecular flexibility index (Phi) is 2.24. The Hall–Kier alpha value is -0.900. The van der Waals surface area contributed by atoms with Gasteiger partial charge in [0, 0.05) is 6.04 Å². The van der Waals surface area contributed by atoms with Gasteiger partial charge >= 0.3 is 0 Å². The lowest BCUT2D eigenvalue weighted by atomic mass is 10.1. The number of benzene rings is 1. The largest absolute Gasteiger partial charge is 0.372 e. The average molecular weight is 205 g/mol. The molecule has 3 rings (SSSR count). The van der Waals surface area contributed by atoms with Crippen molar-refractivity contribution in [2.75, 3.05) is 19.8 Å². The predicted molar refractivity (Wildman–Crippen MR) is 56.6 cm³/mol. The molecule has 0 aliphatic carbocycles. The Morgan fingerprint density at radius 1 is 1.27 bits per heavy atom. The molecule has 3 nitrogen and oxygen atoms in total. The first kappa shape index (κ1) is 9.33. The van der Waals surface area contributed by atoms with Gasteiger partial charge in [-0.25, -0.2) is 0 Å². The fourth-order valence-corrected chi connectivity index (χ4v) is 2.18. The molecular formula is C12H15NO2. The zero-order valence-electron chi connectivity index (χ0n) is 8.61. The van der Waals surface area contributed by atoms with Crippen LogP contribution in [0.3, 0.4) is 0 Å². The second kappa shape index (κ2) is 3.59. The van der Waals surface area contributed by atoms with Crippen LogP contribution in [0.2, 0.25) is 0 Å². The standard InChI is InChI=1S/C12H15NO2/c1-2-4-10(5-3-1)6-11-7-15-12(13-11)8-14-9-12/h1-5,11,13H,6-9H2. The summed E-state index contributed by atoms with van der Waals surface area (Å²) < 4.78 is 10.9. The summed E-state index contributed by atoms with van der Waals surface area (Å²) in [4.78, 5) is 0. The summed E-state index contributed by atoms with van der Waals surface area (Å²) in [6, 6.07) is 10.9. The van der Waals surface area contributed by atoms with Gasteiger partial charge in [0.15, 0.2) is 5.72 Å². The molecule has 0 aromatic heterocycles. The molecule has 1 aromatic rings. The van der Waals surface area contributed by atoms with E-state index in [0.29, 0.717) is 19.3 Å². The third-order valence-corrected chi connectivity index (χ3v) is 3.02. The lowest BCUT2D eigenvalue weighted by Crippen LogP contribution is -2.59. The minimum atomic E-state index is -0.153. The van der Waals surface area contributed by atoms with E-state index < -0.39 is 0 Å². The van der Waals surface area contributed by atoms with Gasteiger partial charge in [0.05, 0.1) is 19.8 Å². The van der Waals surface area contributed by atoms with E-state index in [4.69, 9.17) is 9.47 Å². The summed E-state index contributed by atoms with van der Waals surface area (Å²) in [5.41, 5.74) is 1.20. The monoisotopic (exact) mass is 205 g/mol. The highest BCUT2D eigenvalue weighted by Gasteiger charge is 2.45. The first-order valence-electron chi connectivity index (χ1n) is 5.40. The van der Waals surface area contributed by atoms with Crippen molar-refractivity contribution < 1.29 is 9.47 Å². The van der Waals surface area contributed by atoms with Gasteiger partial charge in [-0.05, 0) is 12.0 Å². The Balaban J connectivity index is 1.61. The molecule has 0 saturated carbocycles. The fraction of sp³-hybridized carbons (Fsp3) is 0.500. The van der Waals surface area contributed by atoms with Crippen molar-refractivity contribution in [1.82, 2.24) is 5.32 Å². The van der Waals surface area contributed by atoms with Crippen LogP contribution in [0, 0.1) is 0 Å². The van der Waals surface area contributed by atoms with Gasteiger partial charge in [0.1, 0.15) is 0 Å². The molecule has 0 bridgehead atoms. The van der Waals surface area contributed by atoms with Crippen molar-refractivity contribution in [1.29, 1.82) is 0 Å². The number of rotatable bonds is 2. The molecule has 1 spiro atoms. The van der Waals surface area contributed by atoms with Gasteiger partial charge in [-0.3, -0.25) is 5.32 Å². The molecule has 1 N–H and O–H groups in total. The summed E-state index contributed by atoms with van der Waals surface area (Å²) in [6.45, 7) is 2.18. The molecule has 1 atom stereocenters. The van der Waals surface area contributed by atoms with Gasteiger partial charge in [-0.1, -0.05) is 30.3 Å². The molecule has 0 radical (unpaired) electrons. The fourth-order valence-electron chi connectivity index (χ4n) is 2.18. The molecule has 1 unspecified atom stereocenters. The molecule has 2 fully saturated rings. The highest BCUT2D eigenvalue weighted by molar-refractivity contribution is 5.16. The maximum absolute atomic E-state index is 5.73. The van der Waals surface area contributed by atoms with Crippen LogP contribution in [0.5, 0.6) is 0 Å². The lowest BCUT2D eigenvalue weighted by Gasteiger charge is -2.37. The van der Waals surface area contributed by atoms with E-state index in [1.54, 1.807) is 0 Å². The van der Waals surface area contributed by atoms with Crippen molar-refractivity contribution in [2.45, 2.75) is 18.2 Å². The van der Waals surface area contributed by atoms with E-state index in [2.05, 4.69) is 29.6 Å². The van der Waals surface area contributed by atoms with Crippen LogP contribution in [-0.2, 0) is 15.9 Å². The molecule has 15 heavy (non-hydrogen) atoms. The summed E-state index contributed by atoms with van der Waals surface area (Å²) in [5.74, 6) is 0. The molecule has 3 heteroatoms. The van der Waals surface area contributed by atoms with E-state index >= 15 is 0 Å². The van der Waals surface area contributed by atoms with Gasteiger partial charge in [-0.2, -0.15) is 0 Å². The number of nitrogens with one attached hydrogen (secondary N) is 1. The molecular weight excluding hydrogens is 190 g/mol. The molecule has 2 heterocycles. The van der Waals surface area contributed by atoms with Gasteiger partial charge in [0.25, 0.3) is 0 Å². The van der Waals surface area contributed by atoms with Crippen molar-refractivity contribution in [3.05, 3.63) is 35.9 Å². The first-order valence-corrected chi connectivity index (χ1v) is 5.40. The zero-order chi connectivity index (χ0) is 10.1. The molecule has 2 aliphatic heterocycles. The third kappa shape index (κ3) is 1.78. The third-order valence-electron chi connectivity index (χ3n) is 3.02. The molecule has 80 valence electrons. The van der Waals surface area contributed by atoms with Crippen molar-refractivity contribution in [3.8, 4) is 0 Å². The second-order valence-electron chi connectivity index (χ2n) is 4.33. The summed E-state index contributed by atoms with van der Waals surface area (Å²) in [5, 5.41) is 3.51. The SMILES string of the molecule is c1ccc(CC2COC3(COC3)N2)cc1. The maximum atomic E-state index is 5.73. The Morgan fingerprint density at radius 3 is 2.67 bits per heavy atom. The Bertz CT molecular complexity index is 335. The summed E-state index contributed by atoms with van der Waals surface area (Å²) in [7, 11) is 0. The number of ether oxygens (including phenoxy) is 2. The van der Waals surface area contributed by atoms with Crippen LogP contribution in [0.1, 0.15) is 5.56 Å². The van der Waals surface area contributed by atoms with E-state index in [9.17, 15) is 0 Å². The van der Waals surface area contributed by atoms with Crippen LogP contribution >= 0.6 is 0 Å². The smallest absolute Gasteiger partial charge is 0.166 e. The predicted octanol–water partition coefficient (Wildman–Crippen LogP) is 0.944. The average Bonchev–Trinajstić information content (AvgIpc) is 2.63. The highest BCUT2D eigenvalue weighted by Crippen LogP contribution is 2.25. The summed E-state index contributed by atoms with van der Waals surface area (Å²) in [6.07, 6.45) is 1.03. The topological polar surface area (TPSA) is 30.5 Å². The van der Waals surface area contributed by atoms with Crippen molar-refractivity contribution in [3.63, 3.8) is 0 Å². The second-order valence-corrected chi connectivity index (χ2v) is 4.33. The first-order chi connectivity index (χ1) is 7.36. The normalized spacial score (nSPS) is 27.9. The number of hydrogen-bond donors (Lipinski definition) is 1.